The molecule has 0 aliphatic carbocycles. The highest BCUT2D eigenvalue weighted by Crippen LogP contribution is 2.52. The fraction of sp³-hybridized carbons (Fsp3) is 0.161. The fourth-order valence-electron chi connectivity index (χ4n) is 10.3. The first-order valence-corrected chi connectivity index (χ1v) is 23.0. The molecule has 10 aromatic rings. The Hall–Kier alpha value is -7.56. The number of hydrogen-bond donors (Lipinski definition) is 2. The zero-order valence-corrected chi connectivity index (χ0v) is 38.1. The van der Waals surface area contributed by atoms with Crippen LogP contribution in [0.3, 0.4) is 0 Å². The van der Waals surface area contributed by atoms with E-state index in [2.05, 4.69) is 162 Å². The third kappa shape index (κ3) is 6.82. The summed E-state index contributed by atoms with van der Waals surface area (Å²) in [5.41, 5.74) is 9.03. The van der Waals surface area contributed by atoms with Gasteiger partial charge in [-0.15, -0.1) is 0 Å². The molecule has 324 valence electrons. The second-order valence-electron chi connectivity index (χ2n) is 19.3. The second-order valence-corrected chi connectivity index (χ2v) is 19.3. The summed E-state index contributed by atoms with van der Waals surface area (Å²) >= 11 is 0. The van der Waals surface area contributed by atoms with Gasteiger partial charge < -0.3 is 19.7 Å². The Balaban J connectivity index is 1.26. The van der Waals surface area contributed by atoms with Crippen molar-refractivity contribution in [2.45, 2.75) is 51.9 Å². The Morgan fingerprint density at radius 2 is 0.864 bits per heavy atom. The third-order valence-electron chi connectivity index (χ3n) is 13.9. The quantitative estimate of drug-likeness (QED) is 0.161. The summed E-state index contributed by atoms with van der Waals surface area (Å²) in [5.74, 6) is 1.79. The summed E-state index contributed by atoms with van der Waals surface area (Å²) in [6, 6.07) is 61.3. The van der Waals surface area contributed by atoms with Gasteiger partial charge in [0.05, 0.1) is 13.2 Å². The van der Waals surface area contributed by atoms with E-state index < -0.39 is 5.41 Å². The van der Waals surface area contributed by atoms with Crippen LogP contribution < -0.4 is 9.47 Å². The molecular weight excluding hydrogens is 809 g/mol. The van der Waals surface area contributed by atoms with Crippen LogP contribution >= 0.6 is 0 Å². The van der Waals surface area contributed by atoms with Gasteiger partial charge in [-0.1, -0.05) is 162 Å². The molecule has 0 amide bonds. The molecule has 66 heavy (non-hydrogen) atoms. The van der Waals surface area contributed by atoms with E-state index in [-0.39, 0.29) is 16.9 Å². The lowest BCUT2D eigenvalue weighted by Crippen LogP contribution is -2.20. The van der Waals surface area contributed by atoms with Crippen molar-refractivity contribution in [1.29, 1.82) is 0 Å². The van der Waals surface area contributed by atoms with Crippen LogP contribution in [0.1, 0.15) is 57.7 Å². The van der Waals surface area contributed by atoms with Gasteiger partial charge in [0.2, 0.25) is 0 Å². The molecule has 0 unspecified atom stereocenters. The Bertz CT molecular complexity index is 3500. The van der Waals surface area contributed by atoms with Crippen LogP contribution in [0.25, 0.3) is 87.6 Å². The first-order valence-electron chi connectivity index (χ1n) is 23.0. The molecular formula is C62H52O4. The predicted octanol–water partition coefficient (Wildman–Crippen LogP) is 16.2. The van der Waals surface area contributed by atoms with E-state index in [1.54, 1.807) is 0 Å². The molecule has 0 radical (unpaired) electrons. The standard InChI is InChI=1S/C62H52O4/c1-61(2,3)41-34-50-46-24-12-14-28-55(46)65-30-17-31-66-56-29-15-13-25-47(56)51-36-42(37-53(60(51)64)57-43-21-9-6-18-38(43)32-39-19-7-10-22-44(39)57)62(4,5)54-27-16-26-48-49(54)33-40-20-8-11-23-45(40)58(48)52(35-41)59(50)63/h6-16,18-29,32-37,63-64H,17,30-31H2,1-5H3. The third-order valence-corrected chi connectivity index (χ3v) is 13.9. The minimum Gasteiger partial charge on any atom is -0.507 e. The van der Waals surface area contributed by atoms with Crippen LogP contribution in [0.2, 0.25) is 0 Å². The molecule has 1 aliphatic heterocycles. The molecule has 8 bridgehead atoms. The van der Waals surface area contributed by atoms with Crippen LogP contribution in [0.4, 0.5) is 0 Å². The largest absolute Gasteiger partial charge is 0.507 e. The lowest BCUT2D eigenvalue weighted by atomic mass is 9.73. The SMILES string of the molecule is CC(C)(C)c1cc2c(O)c(c1)-c1c3ccccc3cc3c(cccc13)C(C)(C)c1cc(c(O)c(-c3c4ccccc4cc4ccccc34)c1)-c1ccccc1OCCCOc1ccccc1-2. The number of aromatic hydroxyl groups is 2. The van der Waals surface area contributed by atoms with Crippen molar-refractivity contribution in [1.82, 2.24) is 0 Å². The number of ether oxygens (including phenoxy) is 2. The summed E-state index contributed by atoms with van der Waals surface area (Å²) in [6.07, 6.45) is 0.608. The van der Waals surface area contributed by atoms with Crippen LogP contribution in [0, 0.1) is 0 Å². The lowest BCUT2D eigenvalue weighted by molar-refractivity contribution is 0.248. The molecule has 0 atom stereocenters. The van der Waals surface area contributed by atoms with Gasteiger partial charge in [0.15, 0.2) is 0 Å². The van der Waals surface area contributed by atoms with Crippen LogP contribution in [-0.4, -0.2) is 23.4 Å². The molecule has 4 nitrogen and oxygen atoms in total. The summed E-state index contributed by atoms with van der Waals surface area (Å²) in [5, 5.41) is 34.3. The smallest absolute Gasteiger partial charge is 0.131 e. The molecule has 0 aromatic heterocycles. The number of benzene rings is 10. The minimum absolute atomic E-state index is 0.199. The van der Waals surface area contributed by atoms with Crippen molar-refractivity contribution in [3.63, 3.8) is 0 Å². The molecule has 4 heteroatoms. The molecule has 1 heterocycles. The van der Waals surface area contributed by atoms with Gasteiger partial charge in [0.25, 0.3) is 0 Å². The average Bonchev–Trinajstić information content (AvgIpc) is 3.32. The minimum atomic E-state index is -0.607. The maximum Gasteiger partial charge on any atom is 0.131 e. The molecule has 0 fully saturated rings. The molecule has 11 rings (SSSR count). The van der Waals surface area contributed by atoms with Gasteiger partial charge in [0, 0.05) is 56.3 Å². The number of hydrogen-bond acceptors (Lipinski definition) is 4. The van der Waals surface area contributed by atoms with Gasteiger partial charge in [0.1, 0.15) is 23.0 Å². The Kier molecular flexibility index (Phi) is 9.89. The van der Waals surface area contributed by atoms with E-state index in [4.69, 9.17) is 9.47 Å². The van der Waals surface area contributed by atoms with Crippen LogP contribution in [0.15, 0.2) is 176 Å². The number of para-hydroxylation sites is 2. The highest BCUT2D eigenvalue weighted by molar-refractivity contribution is 6.16. The topological polar surface area (TPSA) is 58.9 Å². The fourth-order valence-corrected chi connectivity index (χ4v) is 10.3. The van der Waals surface area contributed by atoms with Crippen molar-refractivity contribution < 1.29 is 19.7 Å². The van der Waals surface area contributed by atoms with Crippen molar-refractivity contribution in [2.75, 3.05) is 13.2 Å². The maximum atomic E-state index is 12.9. The van der Waals surface area contributed by atoms with E-state index >= 15 is 0 Å². The summed E-state index contributed by atoms with van der Waals surface area (Å²) in [4.78, 5) is 0. The normalized spacial score (nSPS) is 13.8. The molecule has 1 aliphatic rings. The molecule has 0 saturated carbocycles. The molecule has 2 N–H and O–H groups in total. The summed E-state index contributed by atoms with van der Waals surface area (Å²) in [6.45, 7) is 12.0. The summed E-state index contributed by atoms with van der Waals surface area (Å²) in [7, 11) is 0. The van der Waals surface area contributed by atoms with Crippen LogP contribution in [-0.2, 0) is 10.8 Å². The summed E-state index contributed by atoms with van der Waals surface area (Å²) < 4.78 is 13.2. The van der Waals surface area contributed by atoms with Crippen molar-refractivity contribution in [3.8, 4) is 67.5 Å². The van der Waals surface area contributed by atoms with E-state index in [1.165, 1.54) is 0 Å². The van der Waals surface area contributed by atoms with Gasteiger partial charge in [-0.25, -0.2) is 0 Å². The van der Waals surface area contributed by atoms with E-state index in [0.29, 0.717) is 36.7 Å². The first kappa shape index (κ1) is 41.2. The Morgan fingerprint density at radius 3 is 1.44 bits per heavy atom. The van der Waals surface area contributed by atoms with Gasteiger partial charge in [-0.05, 0) is 114 Å². The van der Waals surface area contributed by atoms with E-state index in [1.807, 2.05) is 48.5 Å². The van der Waals surface area contributed by atoms with Crippen molar-refractivity contribution in [3.05, 3.63) is 193 Å². The van der Waals surface area contributed by atoms with Gasteiger partial charge >= 0.3 is 0 Å². The first-order chi connectivity index (χ1) is 32.0. The monoisotopic (exact) mass is 860 g/mol. The number of phenols is 2. The molecule has 0 spiro atoms. The maximum absolute atomic E-state index is 12.9. The average molecular weight is 861 g/mol. The second kappa shape index (κ2) is 15.9. The highest BCUT2D eigenvalue weighted by Gasteiger charge is 2.31. The van der Waals surface area contributed by atoms with E-state index in [9.17, 15) is 10.2 Å². The Morgan fingerprint density at radius 1 is 0.424 bits per heavy atom. The highest BCUT2D eigenvalue weighted by atomic mass is 16.5. The predicted molar refractivity (Wildman–Crippen MR) is 274 cm³/mol. The molecule has 10 aromatic carbocycles. The van der Waals surface area contributed by atoms with Gasteiger partial charge in [-0.2, -0.15) is 0 Å². The Labute approximate surface area is 386 Å². The number of rotatable bonds is 1. The zero-order chi connectivity index (χ0) is 45.3. The number of fused-ring (bicyclic) bond motifs is 13. The van der Waals surface area contributed by atoms with Gasteiger partial charge in [-0.3, -0.25) is 0 Å². The van der Waals surface area contributed by atoms with Crippen LogP contribution in [0.5, 0.6) is 23.0 Å². The zero-order valence-electron chi connectivity index (χ0n) is 38.1. The van der Waals surface area contributed by atoms with Crippen molar-refractivity contribution in [2.24, 2.45) is 0 Å². The lowest BCUT2D eigenvalue weighted by Gasteiger charge is -2.31. The van der Waals surface area contributed by atoms with Crippen molar-refractivity contribution >= 4 is 43.1 Å². The number of phenolic OH excluding ortho intramolecular Hbond substituents is 2. The van der Waals surface area contributed by atoms with E-state index in [0.717, 1.165) is 98.7 Å². The molecule has 0 saturated heterocycles.